The Balaban J connectivity index is 1.94. The molecule has 0 atom stereocenters. The van der Waals surface area contributed by atoms with E-state index in [-0.39, 0.29) is 11.7 Å². The number of hydrogen-bond donors (Lipinski definition) is 2. The third-order valence-corrected chi connectivity index (χ3v) is 3.19. The molecule has 1 amide bonds. The van der Waals surface area contributed by atoms with Gasteiger partial charge in [-0.05, 0) is 42.0 Å². The molecule has 0 aliphatic carbocycles. The van der Waals surface area contributed by atoms with Crippen molar-refractivity contribution in [1.82, 2.24) is 0 Å². The Morgan fingerprint density at radius 2 is 1.71 bits per heavy atom. The van der Waals surface area contributed by atoms with Gasteiger partial charge in [-0.25, -0.2) is 0 Å². The van der Waals surface area contributed by atoms with Gasteiger partial charge < -0.3 is 19.9 Å². The van der Waals surface area contributed by atoms with E-state index in [1.165, 1.54) is 18.2 Å². The van der Waals surface area contributed by atoms with Crippen LogP contribution in [-0.2, 0) is 4.79 Å². The SMILES string of the molecule is COc1ccc(C=CC=CC(=O)Nc2ccc(O)cc2)cc1OC. The van der Waals surface area contributed by atoms with Gasteiger partial charge in [0.15, 0.2) is 11.5 Å². The first kappa shape index (κ1) is 17.1. The lowest BCUT2D eigenvalue weighted by Crippen LogP contribution is -2.07. The number of phenols is 1. The molecule has 5 nitrogen and oxygen atoms in total. The average molecular weight is 325 g/mol. The maximum atomic E-state index is 11.8. The van der Waals surface area contributed by atoms with Crippen LogP contribution < -0.4 is 14.8 Å². The summed E-state index contributed by atoms with van der Waals surface area (Å²) >= 11 is 0. The summed E-state index contributed by atoms with van der Waals surface area (Å²) in [5.74, 6) is 1.21. The molecule has 2 aromatic rings. The maximum absolute atomic E-state index is 11.8. The predicted molar refractivity (Wildman–Crippen MR) is 94.5 cm³/mol. The van der Waals surface area contributed by atoms with Gasteiger partial charge in [-0.15, -0.1) is 0 Å². The lowest BCUT2D eigenvalue weighted by Gasteiger charge is -2.07. The molecular weight excluding hydrogens is 306 g/mol. The van der Waals surface area contributed by atoms with Crippen molar-refractivity contribution in [2.75, 3.05) is 19.5 Å². The van der Waals surface area contributed by atoms with Crippen molar-refractivity contribution >= 4 is 17.7 Å². The fourth-order valence-electron chi connectivity index (χ4n) is 1.99. The third-order valence-electron chi connectivity index (χ3n) is 3.19. The highest BCUT2D eigenvalue weighted by Gasteiger charge is 2.02. The highest BCUT2D eigenvalue weighted by atomic mass is 16.5. The minimum Gasteiger partial charge on any atom is -0.508 e. The van der Waals surface area contributed by atoms with Gasteiger partial charge in [-0.2, -0.15) is 0 Å². The van der Waals surface area contributed by atoms with E-state index in [4.69, 9.17) is 9.47 Å². The predicted octanol–water partition coefficient (Wildman–Crippen LogP) is 3.62. The zero-order valence-corrected chi connectivity index (χ0v) is 13.5. The molecule has 2 aromatic carbocycles. The van der Waals surface area contributed by atoms with Gasteiger partial charge in [0.05, 0.1) is 14.2 Å². The van der Waals surface area contributed by atoms with Gasteiger partial charge in [-0.1, -0.05) is 24.3 Å². The van der Waals surface area contributed by atoms with Gasteiger partial charge >= 0.3 is 0 Å². The van der Waals surface area contributed by atoms with Crippen LogP contribution in [0, 0.1) is 0 Å². The number of benzene rings is 2. The van der Waals surface area contributed by atoms with Gasteiger partial charge in [0, 0.05) is 11.8 Å². The lowest BCUT2D eigenvalue weighted by atomic mass is 10.2. The quantitative estimate of drug-likeness (QED) is 0.483. The number of allylic oxidation sites excluding steroid dienone is 2. The van der Waals surface area contributed by atoms with Gasteiger partial charge in [-0.3, -0.25) is 4.79 Å². The highest BCUT2D eigenvalue weighted by molar-refractivity contribution is 5.99. The van der Waals surface area contributed by atoms with Crippen molar-refractivity contribution in [2.24, 2.45) is 0 Å². The van der Waals surface area contributed by atoms with E-state index < -0.39 is 0 Å². The molecule has 2 rings (SSSR count). The first-order valence-corrected chi connectivity index (χ1v) is 7.29. The van der Waals surface area contributed by atoms with Crippen LogP contribution >= 0.6 is 0 Å². The van der Waals surface area contributed by atoms with Crippen LogP contribution in [0.4, 0.5) is 5.69 Å². The smallest absolute Gasteiger partial charge is 0.248 e. The Morgan fingerprint density at radius 1 is 1.00 bits per heavy atom. The average Bonchev–Trinajstić information content (AvgIpc) is 2.60. The fraction of sp³-hybridized carbons (Fsp3) is 0.105. The number of phenolic OH excluding ortho intramolecular Hbond substituents is 1. The Labute approximate surface area is 140 Å². The van der Waals surface area contributed by atoms with E-state index in [1.54, 1.807) is 38.5 Å². The summed E-state index contributed by atoms with van der Waals surface area (Å²) in [6.45, 7) is 0. The molecule has 0 saturated carbocycles. The Morgan fingerprint density at radius 3 is 2.38 bits per heavy atom. The lowest BCUT2D eigenvalue weighted by molar-refractivity contribution is -0.111. The molecule has 2 N–H and O–H groups in total. The zero-order chi connectivity index (χ0) is 17.4. The molecule has 0 aliphatic rings. The number of hydrogen-bond acceptors (Lipinski definition) is 4. The van der Waals surface area contributed by atoms with Crippen LogP contribution in [0.15, 0.2) is 60.7 Å². The van der Waals surface area contributed by atoms with Crippen LogP contribution in [0.3, 0.4) is 0 Å². The number of amides is 1. The van der Waals surface area contributed by atoms with Crippen LogP contribution in [0.25, 0.3) is 6.08 Å². The van der Waals surface area contributed by atoms with Gasteiger partial charge in [0.2, 0.25) is 5.91 Å². The second-order valence-electron chi connectivity index (χ2n) is 4.87. The first-order valence-electron chi connectivity index (χ1n) is 7.29. The van der Waals surface area contributed by atoms with Crippen LogP contribution in [0.1, 0.15) is 5.56 Å². The largest absolute Gasteiger partial charge is 0.508 e. The number of anilines is 1. The van der Waals surface area contributed by atoms with Gasteiger partial charge in [0.25, 0.3) is 0 Å². The first-order chi connectivity index (χ1) is 11.6. The van der Waals surface area contributed by atoms with Crippen molar-refractivity contribution in [3.63, 3.8) is 0 Å². The van der Waals surface area contributed by atoms with Gasteiger partial charge in [0.1, 0.15) is 5.75 Å². The summed E-state index contributed by atoms with van der Waals surface area (Å²) in [5, 5.41) is 11.9. The van der Waals surface area contributed by atoms with Crippen molar-refractivity contribution in [1.29, 1.82) is 0 Å². The molecule has 0 radical (unpaired) electrons. The summed E-state index contributed by atoms with van der Waals surface area (Å²) in [4.78, 5) is 11.8. The molecule has 0 heterocycles. The standard InChI is InChI=1S/C19H19NO4/c1-23-17-12-7-14(13-18(17)24-2)5-3-4-6-19(22)20-15-8-10-16(21)11-9-15/h3-13,21H,1-2H3,(H,20,22). The monoisotopic (exact) mass is 325 g/mol. The minimum atomic E-state index is -0.252. The molecule has 0 bridgehead atoms. The van der Waals surface area contributed by atoms with E-state index in [2.05, 4.69) is 5.32 Å². The van der Waals surface area contributed by atoms with Crippen LogP contribution in [0.2, 0.25) is 0 Å². The molecule has 0 spiro atoms. The Hall–Kier alpha value is -3.21. The van der Waals surface area contributed by atoms with E-state index in [0.29, 0.717) is 17.2 Å². The van der Waals surface area contributed by atoms with Crippen molar-refractivity contribution in [3.8, 4) is 17.2 Å². The van der Waals surface area contributed by atoms with E-state index in [9.17, 15) is 9.90 Å². The van der Waals surface area contributed by atoms with Crippen LogP contribution in [0.5, 0.6) is 17.2 Å². The number of ether oxygens (including phenoxy) is 2. The highest BCUT2D eigenvalue weighted by Crippen LogP contribution is 2.27. The molecule has 0 fully saturated rings. The third kappa shape index (κ3) is 4.91. The minimum absolute atomic E-state index is 0.154. The summed E-state index contributed by atoms with van der Waals surface area (Å²) in [6, 6.07) is 11.8. The van der Waals surface area contributed by atoms with Crippen LogP contribution in [-0.4, -0.2) is 25.2 Å². The summed E-state index contributed by atoms with van der Waals surface area (Å²) in [5.41, 5.74) is 1.54. The van der Waals surface area contributed by atoms with E-state index >= 15 is 0 Å². The Bertz CT molecular complexity index is 748. The molecule has 5 heteroatoms. The summed E-state index contributed by atoms with van der Waals surface area (Å²) < 4.78 is 10.4. The number of carbonyl (C=O) groups is 1. The molecule has 0 aromatic heterocycles. The number of methoxy groups -OCH3 is 2. The molecule has 0 aliphatic heterocycles. The fourth-order valence-corrected chi connectivity index (χ4v) is 1.99. The molecule has 0 unspecified atom stereocenters. The second-order valence-corrected chi connectivity index (χ2v) is 4.87. The van der Waals surface area contributed by atoms with Crippen molar-refractivity contribution in [3.05, 3.63) is 66.3 Å². The zero-order valence-electron chi connectivity index (χ0n) is 13.5. The molecular formula is C19H19NO4. The number of rotatable bonds is 6. The van der Waals surface area contributed by atoms with E-state index in [0.717, 1.165) is 5.56 Å². The number of nitrogens with one attached hydrogen (secondary N) is 1. The van der Waals surface area contributed by atoms with Crippen molar-refractivity contribution in [2.45, 2.75) is 0 Å². The topological polar surface area (TPSA) is 67.8 Å². The molecule has 0 saturated heterocycles. The van der Waals surface area contributed by atoms with Crippen molar-refractivity contribution < 1.29 is 19.4 Å². The summed E-state index contributed by atoms with van der Waals surface area (Å²) in [6.07, 6.45) is 6.68. The number of carbonyl (C=O) groups excluding carboxylic acids is 1. The Kier molecular flexibility index (Phi) is 6.02. The normalized spacial score (nSPS) is 10.9. The maximum Gasteiger partial charge on any atom is 0.248 e. The number of aromatic hydroxyl groups is 1. The molecule has 24 heavy (non-hydrogen) atoms. The second kappa shape index (κ2) is 8.43. The van der Waals surface area contributed by atoms with E-state index in [1.807, 2.05) is 24.3 Å². The molecule has 124 valence electrons. The summed E-state index contributed by atoms with van der Waals surface area (Å²) in [7, 11) is 3.17.